The molecule has 1 fully saturated rings. The molecule has 1 amide bonds. The number of piperazine rings is 1. The molecule has 0 aromatic heterocycles. The summed E-state index contributed by atoms with van der Waals surface area (Å²) in [5, 5.41) is 11.3. The van der Waals surface area contributed by atoms with Crippen molar-refractivity contribution in [3.05, 3.63) is 61.7 Å². The van der Waals surface area contributed by atoms with Gasteiger partial charge in [-0.15, -0.1) is 0 Å². The molecule has 0 saturated carbocycles. The van der Waals surface area contributed by atoms with Crippen LogP contribution in [-0.4, -0.2) is 61.7 Å². The van der Waals surface area contributed by atoms with Gasteiger partial charge in [-0.05, 0) is 74.6 Å². The predicted octanol–water partition coefficient (Wildman–Crippen LogP) is 3.29. The lowest BCUT2D eigenvalue weighted by Crippen LogP contribution is -2.50. The Labute approximate surface area is 194 Å². The van der Waals surface area contributed by atoms with E-state index < -0.39 is 14.9 Å². The second-order valence-corrected chi connectivity index (χ2v) is 10.2. The molecular weight excluding hydrogens is 446 g/mol. The first kappa shape index (κ1) is 24.7. The van der Waals surface area contributed by atoms with Crippen molar-refractivity contribution < 1.29 is 22.9 Å². The monoisotopic (exact) mass is 475 g/mol. The molecule has 1 heterocycles. The maximum Gasteiger partial charge on any atom is 0.311 e. The smallest absolute Gasteiger partial charge is 0.311 e. The van der Waals surface area contributed by atoms with Gasteiger partial charge in [-0.2, -0.15) is 4.31 Å². The van der Waals surface area contributed by atoms with Gasteiger partial charge in [-0.25, -0.2) is 8.42 Å². The molecule has 10 heteroatoms. The summed E-state index contributed by atoms with van der Waals surface area (Å²) in [6.07, 6.45) is 0. The van der Waals surface area contributed by atoms with E-state index in [1.165, 1.54) is 34.5 Å². The number of carbonyl (C=O) groups is 1. The maximum atomic E-state index is 13.5. The van der Waals surface area contributed by atoms with Crippen LogP contribution in [0, 0.1) is 44.7 Å². The lowest BCUT2D eigenvalue weighted by molar-refractivity contribution is -0.385. The fraction of sp³-hybridized carbons (Fsp3) is 0.435. The molecule has 33 heavy (non-hydrogen) atoms. The molecule has 2 aromatic carbocycles. The van der Waals surface area contributed by atoms with Crippen molar-refractivity contribution in [3.8, 4) is 5.75 Å². The summed E-state index contributed by atoms with van der Waals surface area (Å²) < 4.78 is 33.4. The normalized spacial score (nSPS) is 14.9. The molecule has 0 radical (unpaired) electrons. The highest BCUT2D eigenvalue weighted by atomic mass is 32.2. The standard InChI is InChI=1S/C23H29N3O6S/c1-14-15(2)17(4)22(18(5)16(14)3)33(30,31)25-11-9-24(10-12-25)23(27)19-7-8-21(32-6)20(13-19)26(28)29/h7-8,13H,9-12H2,1-6H3. The van der Waals surface area contributed by atoms with E-state index in [-0.39, 0.29) is 49.1 Å². The molecule has 0 aliphatic carbocycles. The first-order valence-electron chi connectivity index (χ1n) is 10.6. The summed E-state index contributed by atoms with van der Waals surface area (Å²) in [4.78, 5) is 25.5. The molecule has 1 aliphatic heterocycles. The Hall–Kier alpha value is -2.98. The van der Waals surface area contributed by atoms with E-state index in [0.29, 0.717) is 4.90 Å². The molecule has 0 N–H and O–H groups in total. The molecule has 0 unspecified atom stereocenters. The SMILES string of the molecule is COc1ccc(C(=O)N2CCN(S(=O)(=O)c3c(C)c(C)c(C)c(C)c3C)CC2)cc1[N+](=O)[O-]. The number of hydrogen-bond acceptors (Lipinski definition) is 6. The van der Waals surface area contributed by atoms with Crippen LogP contribution >= 0.6 is 0 Å². The topological polar surface area (TPSA) is 110 Å². The number of amides is 1. The first-order valence-corrected chi connectivity index (χ1v) is 12.0. The summed E-state index contributed by atoms with van der Waals surface area (Å²) in [6, 6.07) is 4.05. The zero-order chi connectivity index (χ0) is 24.7. The lowest BCUT2D eigenvalue weighted by atomic mass is 9.95. The molecule has 1 saturated heterocycles. The number of benzene rings is 2. The Morgan fingerprint density at radius 2 is 1.45 bits per heavy atom. The average Bonchev–Trinajstić information content (AvgIpc) is 2.80. The summed E-state index contributed by atoms with van der Waals surface area (Å²) in [6.45, 7) is 10.2. The lowest BCUT2D eigenvalue weighted by Gasteiger charge is -2.35. The van der Waals surface area contributed by atoms with Crippen molar-refractivity contribution in [2.45, 2.75) is 39.5 Å². The number of ether oxygens (including phenoxy) is 1. The number of rotatable bonds is 5. The van der Waals surface area contributed by atoms with Crippen LogP contribution in [0.3, 0.4) is 0 Å². The van der Waals surface area contributed by atoms with E-state index in [1.807, 2.05) is 34.6 Å². The van der Waals surface area contributed by atoms with Gasteiger partial charge in [0.15, 0.2) is 5.75 Å². The Balaban J connectivity index is 1.82. The quantitative estimate of drug-likeness (QED) is 0.485. The van der Waals surface area contributed by atoms with E-state index in [9.17, 15) is 23.3 Å². The summed E-state index contributed by atoms with van der Waals surface area (Å²) in [7, 11) is -2.41. The zero-order valence-corrected chi connectivity index (χ0v) is 20.6. The van der Waals surface area contributed by atoms with Crippen LogP contribution in [-0.2, 0) is 10.0 Å². The van der Waals surface area contributed by atoms with Gasteiger partial charge in [0, 0.05) is 37.8 Å². The molecule has 3 rings (SSSR count). The minimum Gasteiger partial charge on any atom is -0.490 e. The van der Waals surface area contributed by atoms with Crippen LogP contribution in [0.2, 0.25) is 0 Å². The fourth-order valence-electron chi connectivity index (χ4n) is 4.26. The minimum atomic E-state index is -3.74. The molecule has 9 nitrogen and oxygen atoms in total. The first-order chi connectivity index (χ1) is 15.4. The number of nitrogens with zero attached hydrogens (tertiary/aromatic N) is 3. The Kier molecular flexibility index (Phi) is 6.80. The van der Waals surface area contributed by atoms with Crippen LogP contribution in [0.25, 0.3) is 0 Å². The van der Waals surface area contributed by atoms with Gasteiger partial charge in [0.25, 0.3) is 5.91 Å². The van der Waals surface area contributed by atoms with Crippen LogP contribution < -0.4 is 4.74 Å². The predicted molar refractivity (Wildman–Crippen MR) is 124 cm³/mol. The Morgan fingerprint density at radius 3 is 1.94 bits per heavy atom. The number of methoxy groups -OCH3 is 1. The highest BCUT2D eigenvalue weighted by molar-refractivity contribution is 7.89. The van der Waals surface area contributed by atoms with Gasteiger partial charge < -0.3 is 9.64 Å². The fourth-order valence-corrected chi connectivity index (χ4v) is 6.24. The second-order valence-electron chi connectivity index (χ2n) is 8.29. The van der Waals surface area contributed by atoms with Gasteiger partial charge in [-0.3, -0.25) is 14.9 Å². The molecule has 0 bridgehead atoms. The van der Waals surface area contributed by atoms with E-state index >= 15 is 0 Å². The number of nitro groups is 1. The van der Waals surface area contributed by atoms with Crippen LogP contribution in [0.5, 0.6) is 5.75 Å². The summed E-state index contributed by atoms with van der Waals surface area (Å²) in [5.41, 5.74) is 4.39. The molecule has 2 aromatic rings. The van der Waals surface area contributed by atoms with Gasteiger partial charge in [0.2, 0.25) is 10.0 Å². The van der Waals surface area contributed by atoms with Crippen molar-refractivity contribution >= 4 is 21.6 Å². The Morgan fingerprint density at radius 1 is 0.939 bits per heavy atom. The number of carbonyl (C=O) groups excluding carboxylic acids is 1. The molecule has 0 spiro atoms. The van der Waals surface area contributed by atoms with Crippen LogP contribution in [0.1, 0.15) is 38.2 Å². The van der Waals surface area contributed by atoms with Crippen molar-refractivity contribution in [2.75, 3.05) is 33.3 Å². The highest BCUT2D eigenvalue weighted by Gasteiger charge is 2.34. The average molecular weight is 476 g/mol. The third-order valence-electron chi connectivity index (χ3n) is 6.68. The second kappa shape index (κ2) is 9.11. The van der Waals surface area contributed by atoms with Crippen molar-refractivity contribution in [3.63, 3.8) is 0 Å². The van der Waals surface area contributed by atoms with Crippen molar-refractivity contribution in [1.82, 2.24) is 9.21 Å². The molecular formula is C23H29N3O6S. The van der Waals surface area contributed by atoms with Crippen molar-refractivity contribution in [2.24, 2.45) is 0 Å². The van der Waals surface area contributed by atoms with E-state index in [0.717, 1.165) is 27.8 Å². The van der Waals surface area contributed by atoms with Crippen LogP contribution in [0.4, 0.5) is 5.69 Å². The molecule has 1 aliphatic rings. The third-order valence-corrected chi connectivity index (χ3v) is 8.85. The largest absolute Gasteiger partial charge is 0.490 e. The highest BCUT2D eigenvalue weighted by Crippen LogP contribution is 2.32. The minimum absolute atomic E-state index is 0.0712. The van der Waals surface area contributed by atoms with Gasteiger partial charge >= 0.3 is 5.69 Å². The van der Waals surface area contributed by atoms with Gasteiger partial charge in [0.1, 0.15) is 0 Å². The molecule has 178 valence electrons. The zero-order valence-electron chi connectivity index (χ0n) is 19.8. The number of nitro benzene ring substituents is 1. The maximum absolute atomic E-state index is 13.5. The van der Waals surface area contributed by atoms with Gasteiger partial charge in [0.05, 0.1) is 16.9 Å². The van der Waals surface area contributed by atoms with Gasteiger partial charge in [-0.1, -0.05) is 0 Å². The number of sulfonamides is 1. The van der Waals surface area contributed by atoms with Crippen LogP contribution in [0.15, 0.2) is 23.1 Å². The Bertz CT molecular complexity index is 1200. The van der Waals surface area contributed by atoms with Crippen molar-refractivity contribution in [1.29, 1.82) is 0 Å². The van der Waals surface area contributed by atoms with E-state index in [4.69, 9.17) is 4.74 Å². The molecule has 0 atom stereocenters. The number of hydrogen-bond donors (Lipinski definition) is 0. The summed E-state index contributed by atoms with van der Waals surface area (Å²) in [5.74, 6) is -0.311. The summed E-state index contributed by atoms with van der Waals surface area (Å²) >= 11 is 0. The van der Waals surface area contributed by atoms with E-state index in [1.54, 1.807) is 0 Å². The third kappa shape index (κ3) is 4.32. The van der Waals surface area contributed by atoms with E-state index in [2.05, 4.69) is 0 Å².